The number of benzene rings is 2. The van der Waals surface area contributed by atoms with E-state index in [4.69, 9.17) is 11.6 Å². The minimum Gasteiger partial charge on any atom is -0.354 e. The van der Waals surface area contributed by atoms with Crippen LogP contribution in [-0.2, 0) is 26.2 Å². The van der Waals surface area contributed by atoms with Gasteiger partial charge in [-0.15, -0.1) is 0 Å². The Morgan fingerprint density at radius 1 is 1.09 bits per heavy atom. The molecule has 0 aliphatic rings. The van der Waals surface area contributed by atoms with Crippen LogP contribution in [0.5, 0.6) is 0 Å². The van der Waals surface area contributed by atoms with Crippen molar-refractivity contribution >= 4 is 39.1 Å². The number of anilines is 1. The van der Waals surface area contributed by atoms with E-state index in [2.05, 4.69) is 5.32 Å². The molecule has 0 heterocycles. The molecule has 0 saturated carbocycles. The van der Waals surface area contributed by atoms with E-state index in [9.17, 15) is 18.0 Å². The minimum atomic E-state index is -3.77. The highest BCUT2D eigenvalue weighted by atomic mass is 35.5. The standard InChI is InChI=1S/C25H34ClN3O4S/c1-6-14-27-25(31)22(7-2)28(16-20-10-8-9-11-21(20)26)24(30)17-29(34(5,32)33)23-15-18(3)12-13-19(23)4/h8-13,15,22H,6-7,14,16-17H2,1-5H3,(H,27,31). The van der Waals surface area contributed by atoms with Crippen LogP contribution in [0.4, 0.5) is 5.69 Å². The first kappa shape index (κ1) is 27.7. The summed E-state index contributed by atoms with van der Waals surface area (Å²) in [6, 6.07) is 11.8. The average Bonchev–Trinajstić information content (AvgIpc) is 2.78. The van der Waals surface area contributed by atoms with Crippen molar-refractivity contribution in [3.8, 4) is 0 Å². The van der Waals surface area contributed by atoms with Gasteiger partial charge in [-0.1, -0.05) is 55.8 Å². The van der Waals surface area contributed by atoms with Gasteiger partial charge in [0.05, 0.1) is 11.9 Å². The van der Waals surface area contributed by atoms with E-state index in [0.717, 1.165) is 28.1 Å². The maximum Gasteiger partial charge on any atom is 0.244 e. The summed E-state index contributed by atoms with van der Waals surface area (Å²) >= 11 is 6.35. The number of nitrogens with one attached hydrogen (secondary N) is 1. The molecule has 2 amide bonds. The SMILES string of the molecule is CCCNC(=O)C(CC)N(Cc1ccccc1Cl)C(=O)CN(c1cc(C)ccc1C)S(C)(=O)=O. The first-order valence-electron chi connectivity index (χ1n) is 11.3. The molecule has 2 aromatic rings. The van der Waals surface area contributed by atoms with E-state index in [1.807, 2.05) is 32.9 Å². The Balaban J connectivity index is 2.48. The molecule has 7 nitrogen and oxygen atoms in total. The minimum absolute atomic E-state index is 0.0843. The monoisotopic (exact) mass is 507 g/mol. The van der Waals surface area contributed by atoms with Crippen LogP contribution in [0.25, 0.3) is 0 Å². The first-order valence-corrected chi connectivity index (χ1v) is 13.6. The highest BCUT2D eigenvalue weighted by Crippen LogP contribution is 2.25. The molecule has 1 atom stereocenters. The van der Waals surface area contributed by atoms with E-state index in [1.54, 1.807) is 37.3 Å². The van der Waals surface area contributed by atoms with Gasteiger partial charge in [0.15, 0.2) is 0 Å². The number of aryl methyl sites for hydroxylation is 2. The van der Waals surface area contributed by atoms with Crippen molar-refractivity contribution in [2.45, 2.75) is 53.1 Å². The lowest BCUT2D eigenvalue weighted by Gasteiger charge is -2.33. The Hall–Kier alpha value is -2.58. The van der Waals surface area contributed by atoms with Gasteiger partial charge in [-0.05, 0) is 55.5 Å². The van der Waals surface area contributed by atoms with Crippen molar-refractivity contribution in [2.24, 2.45) is 0 Å². The number of carbonyl (C=O) groups excluding carboxylic acids is 2. The number of carbonyl (C=O) groups is 2. The first-order chi connectivity index (χ1) is 16.0. The summed E-state index contributed by atoms with van der Waals surface area (Å²) in [5.74, 6) is -0.757. The van der Waals surface area contributed by atoms with Crippen LogP contribution in [0.3, 0.4) is 0 Å². The molecule has 1 unspecified atom stereocenters. The van der Waals surface area contributed by atoms with Crippen LogP contribution in [-0.4, -0.2) is 50.5 Å². The molecule has 0 spiro atoms. The fourth-order valence-electron chi connectivity index (χ4n) is 3.68. The van der Waals surface area contributed by atoms with Crippen molar-refractivity contribution < 1.29 is 18.0 Å². The average molecular weight is 508 g/mol. The van der Waals surface area contributed by atoms with Crippen LogP contribution in [0.15, 0.2) is 42.5 Å². The van der Waals surface area contributed by atoms with Gasteiger partial charge in [0, 0.05) is 18.1 Å². The second-order valence-electron chi connectivity index (χ2n) is 8.39. The molecule has 0 aliphatic heterocycles. The third-order valence-corrected chi connectivity index (χ3v) is 7.04. The van der Waals surface area contributed by atoms with E-state index in [0.29, 0.717) is 29.2 Å². The summed E-state index contributed by atoms with van der Waals surface area (Å²) in [5.41, 5.74) is 2.73. The number of halogens is 1. The lowest BCUT2D eigenvalue weighted by atomic mass is 10.1. The molecule has 1 N–H and O–H groups in total. The van der Waals surface area contributed by atoms with Crippen LogP contribution >= 0.6 is 11.6 Å². The normalized spacial score (nSPS) is 12.2. The summed E-state index contributed by atoms with van der Waals surface area (Å²) in [7, 11) is -3.77. The zero-order valence-electron chi connectivity index (χ0n) is 20.5. The maximum atomic E-state index is 13.7. The lowest BCUT2D eigenvalue weighted by Crippen LogP contribution is -2.52. The van der Waals surface area contributed by atoms with Crippen molar-refractivity contribution in [1.82, 2.24) is 10.2 Å². The Morgan fingerprint density at radius 2 is 1.76 bits per heavy atom. The van der Waals surface area contributed by atoms with Crippen molar-refractivity contribution in [2.75, 3.05) is 23.7 Å². The van der Waals surface area contributed by atoms with Gasteiger partial charge in [-0.25, -0.2) is 8.42 Å². The van der Waals surface area contributed by atoms with Crippen molar-refractivity contribution in [3.63, 3.8) is 0 Å². The fourth-order valence-corrected chi connectivity index (χ4v) is 4.77. The van der Waals surface area contributed by atoms with Crippen LogP contribution in [0, 0.1) is 13.8 Å². The topological polar surface area (TPSA) is 86.8 Å². The quantitative estimate of drug-likeness (QED) is 0.497. The summed E-state index contributed by atoms with van der Waals surface area (Å²) in [5, 5.41) is 3.32. The van der Waals surface area contributed by atoms with Gasteiger partial charge in [0.1, 0.15) is 12.6 Å². The molecule has 0 aliphatic carbocycles. The third-order valence-electron chi connectivity index (χ3n) is 5.55. The largest absolute Gasteiger partial charge is 0.354 e. The number of nitrogens with zero attached hydrogens (tertiary/aromatic N) is 2. The Bertz CT molecular complexity index is 1120. The number of hydrogen-bond acceptors (Lipinski definition) is 4. The molecule has 0 saturated heterocycles. The third kappa shape index (κ3) is 7.21. The van der Waals surface area contributed by atoms with E-state index in [1.165, 1.54) is 4.90 Å². The molecule has 0 aromatic heterocycles. The Labute approximate surface area is 208 Å². The second-order valence-corrected chi connectivity index (χ2v) is 10.7. The molecule has 9 heteroatoms. The zero-order valence-corrected chi connectivity index (χ0v) is 22.0. The van der Waals surface area contributed by atoms with Crippen LogP contribution in [0.2, 0.25) is 5.02 Å². The lowest BCUT2D eigenvalue weighted by molar-refractivity contribution is -0.140. The van der Waals surface area contributed by atoms with Gasteiger partial charge >= 0.3 is 0 Å². The predicted octanol–water partition coefficient (Wildman–Crippen LogP) is 4.06. The van der Waals surface area contributed by atoms with Crippen molar-refractivity contribution in [1.29, 1.82) is 0 Å². The number of sulfonamides is 1. The molecular weight excluding hydrogens is 474 g/mol. The van der Waals surface area contributed by atoms with Gasteiger partial charge < -0.3 is 10.2 Å². The highest BCUT2D eigenvalue weighted by molar-refractivity contribution is 7.92. The smallest absolute Gasteiger partial charge is 0.244 e. The molecule has 186 valence electrons. The number of rotatable bonds is 11. The summed E-state index contributed by atoms with van der Waals surface area (Å²) < 4.78 is 26.6. The summed E-state index contributed by atoms with van der Waals surface area (Å²) in [6.07, 6.45) is 2.20. The molecule has 0 fully saturated rings. The van der Waals surface area contributed by atoms with E-state index < -0.39 is 28.5 Å². The molecule has 34 heavy (non-hydrogen) atoms. The second kappa shape index (κ2) is 12.2. The molecule has 0 radical (unpaired) electrons. The molecule has 2 rings (SSSR count). The molecule has 2 aromatic carbocycles. The number of amides is 2. The zero-order chi connectivity index (χ0) is 25.5. The van der Waals surface area contributed by atoms with Crippen LogP contribution in [0.1, 0.15) is 43.4 Å². The van der Waals surface area contributed by atoms with Gasteiger partial charge in [0.2, 0.25) is 21.8 Å². The summed E-state index contributed by atoms with van der Waals surface area (Å²) in [6.45, 7) is 7.57. The Morgan fingerprint density at radius 3 is 2.35 bits per heavy atom. The highest BCUT2D eigenvalue weighted by Gasteiger charge is 2.32. The Kier molecular flexibility index (Phi) is 9.94. The molecule has 0 bridgehead atoms. The maximum absolute atomic E-state index is 13.7. The predicted molar refractivity (Wildman–Crippen MR) is 137 cm³/mol. The van der Waals surface area contributed by atoms with Gasteiger partial charge in [-0.3, -0.25) is 13.9 Å². The van der Waals surface area contributed by atoms with Gasteiger partial charge in [-0.2, -0.15) is 0 Å². The van der Waals surface area contributed by atoms with Crippen LogP contribution < -0.4 is 9.62 Å². The number of hydrogen-bond donors (Lipinski definition) is 1. The summed E-state index contributed by atoms with van der Waals surface area (Å²) in [4.78, 5) is 28.0. The fraction of sp³-hybridized carbons (Fsp3) is 0.440. The van der Waals surface area contributed by atoms with E-state index in [-0.39, 0.29) is 12.5 Å². The van der Waals surface area contributed by atoms with E-state index >= 15 is 0 Å². The molecular formula is C25H34ClN3O4S. The van der Waals surface area contributed by atoms with Gasteiger partial charge in [0.25, 0.3) is 0 Å². The van der Waals surface area contributed by atoms with Crippen molar-refractivity contribution in [3.05, 3.63) is 64.2 Å².